The first-order valence-electron chi connectivity index (χ1n) is 7.12. The van der Waals surface area contributed by atoms with Gasteiger partial charge in [-0.05, 0) is 41.7 Å². The molecule has 1 aliphatic heterocycles. The van der Waals surface area contributed by atoms with Crippen molar-refractivity contribution in [2.24, 2.45) is 0 Å². The molecule has 1 heterocycles. The van der Waals surface area contributed by atoms with Gasteiger partial charge in [-0.2, -0.15) is 0 Å². The number of carboxylic acids is 1. The molecular formula is C18H18O2S. The summed E-state index contributed by atoms with van der Waals surface area (Å²) in [6.45, 7) is 2.28. The van der Waals surface area contributed by atoms with Gasteiger partial charge in [-0.3, -0.25) is 4.79 Å². The van der Waals surface area contributed by atoms with Gasteiger partial charge in [0.1, 0.15) is 0 Å². The predicted octanol–water partition coefficient (Wildman–Crippen LogP) is 4.33. The van der Waals surface area contributed by atoms with E-state index in [-0.39, 0.29) is 6.42 Å². The van der Waals surface area contributed by atoms with Crippen molar-refractivity contribution in [3.63, 3.8) is 0 Å². The maximum atomic E-state index is 10.6. The summed E-state index contributed by atoms with van der Waals surface area (Å²) in [5.74, 6) is 0.451. The Bertz CT molecular complexity index is 657. The van der Waals surface area contributed by atoms with E-state index in [9.17, 15) is 4.79 Å². The number of hydrogen-bond acceptors (Lipinski definition) is 2. The molecule has 0 bridgehead atoms. The molecule has 2 aromatic carbocycles. The number of rotatable bonds is 5. The van der Waals surface area contributed by atoms with E-state index in [1.807, 2.05) is 23.9 Å². The monoisotopic (exact) mass is 298 g/mol. The van der Waals surface area contributed by atoms with Crippen LogP contribution in [0.1, 0.15) is 24.5 Å². The minimum Gasteiger partial charge on any atom is -0.481 e. The van der Waals surface area contributed by atoms with Gasteiger partial charge >= 0.3 is 5.97 Å². The molecule has 1 atom stereocenters. The summed E-state index contributed by atoms with van der Waals surface area (Å²) in [5, 5.41) is 8.72. The van der Waals surface area contributed by atoms with Crippen LogP contribution in [0.3, 0.4) is 0 Å². The summed E-state index contributed by atoms with van der Waals surface area (Å²) in [7, 11) is 0. The van der Waals surface area contributed by atoms with Crippen molar-refractivity contribution in [3.05, 3.63) is 59.7 Å². The van der Waals surface area contributed by atoms with Crippen molar-refractivity contribution < 1.29 is 9.90 Å². The number of hydrogen-bond donors (Lipinski definition) is 1. The SMILES string of the molecule is CC1(c2cccc(-c3ccc(CCC(=O)O)cc3)c2)CS1. The average molecular weight is 298 g/mol. The normalized spacial score (nSPS) is 20.2. The van der Waals surface area contributed by atoms with Gasteiger partial charge in [0.25, 0.3) is 0 Å². The van der Waals surface area contributed by atoms with Crippen LogP contribution in [-0.4, -0.2) is 16.8 Å². The van der Waals surface area contributed by atoms with Gasteiger partial charge in [0.2, 0.25) is 0 Å². The number of benzene rings is 2. The van der Waals surface area contributed by atoms with Crippen LogP contribution in [0, 0.1) is 0 Å². The molecule has 0 amide bonds. The molecule has 21 heavy (non-hydrogen) atoms. The first-order valence-corrected chi connectivity index (χ1v) is 8.11. The van der Waals surface area contributed by atoms with Crippen LogP contribution in [-0.2, 0) is 16.0 Å². The van der Waals surface area contributed by atoms with E-state index >= 15 is 0 Å². The lowest BCUT2D eigenvalue weighted by Crippen LogP contribution is -1.99. The highest BCUT2D eigenvalue weighted by atomic mass is 32.2. The third-order valence-corrected chi connectivity index (χ3v) is 5.36. The smallest absolute Gasteiger partial charge is 0.303 e. The molecule has 0 aliphatic carbocycles. The Morgan fingerprint density at radius 2 is 1.90 bits per heavy atom. The lowest BCUT2D eigenvalue weighted by Gasteiger charge is -2.10. The fraction of sp³-hybridized carbons (Fsp3) is 0.278. The molecule has 1 saturated heterocycles. The van der Waals surface area contributed by atoms with E-state index in [1.165, 1.54) is 22.4 Å². The van der Waals surface area contributed by atoms with Gasteiger partial charge in [0.05, 0.1) is 0 Å². The highest BCUT2D eigenvalue weighted by Crippen LogP contribution is 2.53. The van der Waals surface area contributed by atoms with E-state index in [1.54, 1.807) is 0 Å². The summed E-state index contributed by atoms with van der Waals surface area (Å²) >= 11 is 1.98. The van der Waals surface area contributed by atoms with Crippen LogP contribution in [0.25, 0.3) is 11.1 Å². The number of carbonyl (C=O) groups is 1. The van der Waals surface area contributed by atoms with Crippen molar-refractivity contribution in [1.29, 1.82) is 0 Å². The van der Waals surface area contributed by atoms with Gasteiger partial charge in [-0.25, -0.2) is 0 Å². The minimum atomic E-state index is -0.748. The molecule has 108 valence electrons. The van der Waals surface area contributed by atoms with Crippen LogP contribution in [0.4, 0.5) is 0 Å². The second-order valence-corrected chi connectivity index (χ2v) is 7.17. The van der Waals surface area contributed by atoms with E-state index in [4.69, 9.17) is 5.11 Å². The van der Waals surface area contributed by atoms with Crippen LogP contribution >= 0.6 is 11.8 Å². The molecule has 3 rings (SSSR count). The topological polar surface area (TPSA) is 37.3 Å². The highest BCUT2D eigenvalue weighted by molar-refractivity contribution is 8.07. The summed E-state index contributed by atoms with van der Waals surface area (Å²) in [5.41, 5.74) is 4.87. The number of thioether (sulfide) groups is 1. The van der Waals surface area contributed by atoms with Gasteiger partial charge < -0.3 is 5.11 Å². The largest absolute Gasteiger partial charge is 0.481 e. The minimum absolute atomic E-state index is 0.185. The van der Waals surface area contributed by atoms with Crippen molar-refractivity contribution in [2.75, 3.05) is 5.75 Å². The predicted molar refractivity (Wildman–Crippen MR) is 87.6 cm³/mol. The first-order chi connectivity index (χ1) is 10.1. The van der Waals surface area contributed by atoms with Crippen molar-refractivity contribution in [1.82, 2.24) is 0 Å². The highest BCUT2D eigenvalue weighted by Gasteiger charge is 2.40. The zero-order valence-corrected chi connectivity index (χ0v) is 12.8. The van der Waals surface area contributed by atoms with E-state index in [0.29, 0.717) is 11.2 Å². The zero-order valence-electron chi connectivity index (χ0n) is 12.0. The van der Waals surface area contributed by atoms with E-state index in [2.05, 4.69) is 43.3 Å². The van der Waals surface area contributed by atoms with Gasteiger partial charge in [-0.1, -0.05) is 42.5 Å². The Kier molecular flexibility index (Phi) is 3.77. The lowest BCUT2D eigenvalue weighted by atomic mass is 9.96. The van der Waals surface area contributed by atoms with Crippen molar-refractivity contribution in [3.8, 4) is 11.1 Å². The van der Waals surface area contributed by atoms with Gasteiger partial charge in [0, 0.05) is 16.9 Å². The summed E-state index contributed by atoms with van der Waals surface area (Å²) in [6.07, 6.45) is 0.773. The number of aliphatic carboxylic acids is 1. The molecule has 0 spiro atoms. The van der Waals surface area contributed by atoms with Crippen LogP contribution in [0.2, 0.25) is 0 Å². The molecule has 2 aromatic rings. The summed E-state index contributed by atoms with van der Waals surface area (Å²) in [6, 6.07) is 16.9. The van der Waals surface area contributed by atoms with Crippen molar-refractivity contribution in [2.45, 2.75) is 24.5 Å². The Labute approximate surface area is 129 Å². The molecule has 0 aromatic heterocycles. The number of aryl methyl sites for hydroxylation is 1. The quantitative estimate of drug-likeness (QED) is 0.835. The van der Waals surface area contributed by atoms with Crippen LogP contribution in [0.5, 0.6) is 0 Å². The van der Waals surface area contributed by atoms with Crippen LogP contribution < -0.4 is 0 Å². The van der Waals surface area contributed by atoms with E-state index in [0.717, 1.165) is 5.56 Å². The molecule has 1 aliphatic rings. The molecule has 1 unspecified atom stereocenters. The maximum Gasteiger partial charge on any atom is 0.303 e. The average Bonchev–Trinajstić information content (AvgIpc) is 3.25. The fourth-order valence-electron chi connectivity index (χ4n) is 2.42. The van der Waals surface area contributed by atoms with Gasteiger partial charge in [-0.15, -0.1) is 11.8 Å². The third kappa shape index (κ3) is 3.30. The second-order valence-electron chi connectivity index (χ2n) is 5.69. The van der Waals surface area contributed by atoms with Crippen LogP contribution in [0.15, 0.2) is 48.5 Å². The fourth-order valence-corrected chi connectivity index (χ4v) is 3.09. The summed E-state index contributed by atoms with van der Waals surface area (Å²) < 4.78 is 0.303. The first kappa shape index (κ1) is 14.2. The second kappa shape index (κ2) is 5.57. The lowest BCUT2D eigenvalue weighted by molar-refractivity contribution is -0.136. The van der Waals surface area contributed by atoms with E-state index < -0.39 is 5.97 Å². The zero-order chi connectivity index (χ0) is 14.9. The Morgan fingerprint density at radius 3 is 2.52 bits per heavy atom. The molecule has 0 saturated carbocycles. The molecule has 3 heteroatoms. The molecule has 1 N–H and O–H groups in total. The standard InChI is InChI=1S/C18H18O2S/c1-18(12-21-18)16-4-2-3-15(11-16)14-8-5-13(6-9-14)7-10-17(19)20/h2-6,8-9,11H,7,10,12H2,1H3,(H,19,20). The number of carboxylic acid groups (broad SMARTS) is 1. The third-order valence-electron chi connectivity index (χ3n) is 3.97. The Hall–Kier alpha value is -1.74. The Morgan fingerprint density at radius 1 is 1.19 bits per heavy atom. The molecule has 2 nitrogen and oxygen atoms in total. The van der Waals surface area contributed by atoms with Gasteiger partial charge in [0.15, 0.2) is 0 Å². The molecule has 0 radical (unpaired) electrons. The van der Waals surface area contributed by atoms with Crippen molar-refractivity contribution >= 4 is 17.7 Å². The molecule has 1 fully saturated rings. The summed E-state index contributed by atoms with van der Waals surface area (Å²) in [4.78, 5) is 10.6. The molecular weight excluding hydrogens is 280 g/mol. The Balaban J connectivity index is 1.79. The maximum absolute atomic E-state index is 10.6.